The molecule has 0 amide bonds. The quantitative estimate of drug-likeness (QED) is 0.584. The number of carbonyl (C=O) groups excluding carboxylic acids is 1. The highest BCUT2D eigenvalue weighted by atomic mass is 32.2. The number of carboxylic acid groups (broad SMARTS) is 1. The molecule has 2 N–H and O–H groups in total. The lowest BCUT2D eigenvalue weighted by Gasteiger charge is -2.11. The molecule has 0 saturated heterocycles. The van der Waals surface area contributed by atoms with Crippen LogP contribution >= 0.6 is 11.8 Å². The van der Waals surface area contributed by atoms with Crippen LogP contribution in [-0.4, -0.2) is 46.9 Å². The first-order valence-electron chi connectivity index (χ1n) is 3.64. The van der Waals surface area contributed by atoms with E-state index in [0.29, 0.717) is 5.75 Å². The van der Waals surface area contributed by atoms with Gasteiger partial charge in [-0.15, -0.1) is 0 Å². The number of carboxylic acids is 1. The molecule has 0 saturated carbocycles. The van der Waals surface area contributed by atoms with Crippen molar-refractivity contribution in [1.29, 1.82) is 0 Å². The summed E-state index contributed by atoms with van der Waals surface area (Å²) in [6.45, 7) is -0.789. The highest BCUT2D eigenvalue weighted by molar-refractivity contribution is 7.98. The van der Waals surface area contributed by atoms with Gasteiger partial charge in [0.25, 0.3) is 0 Å². The summed E-state index contributed by atoms with van der Waals surface area (Å²) in [4.78, 5) is 21.0. The van der Waals surface area contributed by atoms with Gasteiger partial charge in [0.05, 0.1) is 0 Å². The lowest BCUT2D eigenvalue weighted by molar-refractivity contribution is -0.165. The van der Waals surface area contributed by atoms with Crippen LogP contribution in [0.4, 0.5) is 0 Å². The number of rotatable bonds is 6. The Balaban J connectivity index is 3.94. The first-order valence-corrected chi connectivity index (χ1v) is 5.03. The molecule has 0 aromatic heterocycles. The molecule has 0 fully saturated rings. The average Bonchev–Trinajstić information content (AvgIpc) is 2.11. The molecule has 0 spiro atoms. The van der Waals surface area contributed by atoms with Crippen LogP contribution in [-0.2, 0) is 14.3 Å². The average molecular weight is 208 g/mol. The second kappa shape index (κ2) is 6.73. The summed E-state index contributed by atoms with van der Waals surface area (Å²) in [6.07, 6.45) is 0.932. The molecular weight excluding hydrogens is 196 g/mol. The SMILES string of the molecule is CSCCC(OC(=O)CO)C(=O)O. The Hall–Kier alpha value is -0.750. The predicted octanol–water partition coefficient (Wildman–Crippen LogP) is -0.272. The summed E-state index contributed by atoms with van der Waals surface area (Å²) in [5.41, 5.74) is 0. The Morgan fingerprint density at radius 3 is 2.54 bits per heavy atom. The van der Waals surface area contributed by atoms with Crippen LogP contribution in [0.1, 0.15) is 6.42 Å². The third-order valence-electron chi connectivity index (χ3n) is 1.26. The summed E-state index contributed by atoms with van der Waals surface area (Å²) in [6, 6.07) is 0. The topological polar surface area (TPSA) is 83.8 Å². The van der Waals surface area contributed by atoms with Gasteiger partial charge in [0.15, 0.2) is 6.10 Å². The Morgan fingerprint density at radius 2 is 2.15 bits per heavy atom. The number of hydrogen-bond acceptors (Lipinski definition) is 5. The third kappa shape index (κ3) is 5.48. The molecule has 13 heavy (non-hydrogen) atoms. The monoisotopic (exact) mass is 208 g/mol. The number of ether oxygens (including phenoxy) is 1. The molecule has 6 heteroatoms. The van der Waals surface area contributed by atoms with Crippen LogP contribution in [0.15, 0.2) is 0 Å². The number of aliphatic hydroxyl groups is 1. The normalized spacial score (nSPS) is 12.2. The van der Waals surface area contributed by atoms with Crippen molar-refractivity contribution in [2.75, 3.05) is 18.6 Å². The number of carbonyl (C=O) groups is 2. The first kappa shape index (κ1) is 12.2. The zero-order valence-corrected chi connectivity index (χ0v) is 8.04. The van der Waals surface area contributed by atoms with Crippen molar-refractivity contribution in [1.82, 2.24) is 0 Å². The first-order chi connectivity index (χ1) is 6.11. The van der Waals surface area contributed by atoms with Crippen molar-refractivity contribution in [3.63, 3.8) is 0 Å². The molecule has 0 aliphatic heterocycles. The zero-order valence-electron chi connectivity index (χ0n) is 7.23. The standard InChI is InChI=1S/C7H12O5S/c1-13-3-2-5(7(10)11)12-6(9)4-8/h5,8H,2-4H2,1H3,(H,10,11). The minimum atomic E-state index is -1.18. The number of esters is 1. The molecule has 1 unspecified atom stereocenters. The van der Waals surface area contributed by atoms with Gasteiger partial charge in [0, 0.05) is 6.42 Å². The highest BCUT2D eigenvalue weighted by Crippen LogP contribution is 2.04. The largest absolute Gasteiger partial charge is 0.479 e. The van der Waals surface area contributed by atoms with Crippen molar-refractivity contribution in [3.8, 4) is 0 Å². The summed E-state index contributed by atoms with van der Waals surface area (Å²) in [5, 5.41) is 16.9. The number of aliphatic hydroxyl groups excluding tert-OH is 1. The van der Waals surface area contributed by atoms with E-state index in [2.05, 4.69) is 4.74 Å². The molecule has 0 aliphatic carbocycles. The Bertz CT molecular complexity index is 182. The van der Waals surface area contributed by atoms with Crippen molar-refractivity contribution in [2.24, 2.45) is 0 Å². The van der Waals surface area contributed by atoms with Crippen LogP contribution in [0.5, 0.6) is 0 Å². The van der Waals surface area contributed by atoms with Gasteiger partial charge in [-0.25, -0.2) is 9.59 Å². The van der Waals surface area contributed by atoms with Crippen LogP contribution in [0.25, 0.3) is 0 Å². The fraction of sp³-hybridized carbons (Fsp3) is 0.714. The summed E-state index contributed by atoms with van der Waals surface area (Å²) >= 11 is 1.46. The second-order valence-electron chi connectivity index (χ2n) is 2.26. The van der Waals surface area contributed by atoms with Gasteiger partial charge >= 0.3 is 11.9 Å². The maximum atomic E-state index is 10.5. The van der Waals surface area contributed by atoms with Crippen molar-refractivity contribution < 1.29 is 24.5 Å². The van der Waals surface area contributed by atoms with Crippen molar-refractivity contribution in [3.05, 3.63) is 0 Å². The molecule has 0 rings (SSSR count). The smallest absolute Gasteiger partial charge is 0.345 e. The van der Waals surface area contributed by atoms with E-state index in [1.165, 1.54) is 11.8 Å². The fourth-order valence-corrected chi connectivity index (χ4v) is 1.10. The molecule has 0 bridgehead atoms. The van der Waals surface area contributed by atoms with Gasteiger partial charge in [-0.1, -0.05) is 0 Å². The molecule has 0 heterocycles. The second-order valence-corrected chi connectivity index (χ2v) is 3.24. The Kier molecular flexibility index (Phi) is 6.34. The van der Waals surface area contributed by atoms with Gasteiger partial charge in [-0.05, 0) is 12.0 Å². The predicted molar refractivity (Wildman–Crippen MR) is 47.6 cm³/mol. The summed E-state index contributed by atoms with van der Waals surface area (Å²) in [5.74, 6) is -1.50. The maximum Gasteiger partial charge on any atom is 0.345 e. The molecule has 0 aromatic carbocycles. The van der Waals surface area contributed by atoms with Gasteiger partial charge in [0.2, 0.25) is 0 Å². The number of hydrogen-bond donors (Lipinski definition) is 2. The van der Waals surface area contributed by atoms with Gasteiger partial charge in [-0.2, -0.15) is 11.8 Å². The molecular formula is C7H12O5S. The summed E-state index contributed by atoms with van der Waals surface area (Å²) in [7, 11) is 0. The van der Waals surface area contributed by atoms with Crippen LogP contribution in [0, 0.1) is 0 Å². The third-order valence-corrected chi connectivity index (χ3v) is 1.91. The van der Waals surface area contributed by atoms with Crippen molar-refractivity contribution in [2.45, 2.75) is 12.5 Å². The van der Waals surface area contributed by atoms with Crippen LogP contribution < -0.4 is 0 Å². The number of aliphatic carboxylic acids is 1. The fourth-order valence-electron chi connectivity index (χ4n) is 0.654. The van der Waals surface area contributed by atoms with E-state index in [1.807, 2.05) is 6.26 Å². The van der Waals surface area contributed by atoms with Crippen LogP contribution in [0.2, 0.25) is 0 Å². The van der Waals surface area contributed by atoms with E-state index in [4.69, 9.17) is 10.2 Å². The number of thioether (sulfide) groups is 1. The molecule has 0 aromatic rings. The molecule has 0 radical (unpaired) electrons. The van der Waals surface area contributed by atoms with Gasteiger partial charge < -0.3 is 14.9 Å². The minimum Gasteiger partial charge on any atom is -0.479 e. The van der Waals surface area contributed by atoms with Crippen LogP contribution in [0.3, 0.4) is 0 Å². The van der Waals surface area contributed by atoms with Crippen molar-refractivity contribution >= 4 is 23.7 Å². The van der Waals surface area contributed by atoms with E-state index in [1.54, 1.807) is 0 Å². The Labute approximate surface area is 80.1 Å². The highest BCUT2D eigenvalue weighted by Gasteiger charge is 2.20. The van der Waals surface area contributed by atoms with E-state index in [9.17, 15) is 9.59 Å². The molecule has 1 atom stereocenters. The van der Waals surface area contributed by atoms with E-state index in [-0.39, 0.29) is 6.42 Å². The maximum absolute atomic E-state index is 10.5. The molecule has 0 aliphatic rings. The lowest BCUT2D eigenvalue weighted by atomic mass is 10.3. The zero-order chi connectivity index (χ0) is 10.3. The minimum absolute atomic E-state index is 0.252. The summed E-state index contributed by atoms with van der Waals surface area (Å²) < 4.78 is 4.46. The van der Waals surface area contributed by atoms with E-state index < -0.39 is 24.6 Å². The Morgan fingerprint density at radius 1 is 1.54 bits per heavy atom. The van der Waals surface area contributed by atoms with Gasteiger partial charge in [0.1, 0.15) is 6.61 Å². The lowest BCUT2D eigenvalue weighted by Crippen LogP contribution is -2.28. The molecule has 5 nitrogen and oxygen atoms in total. The van der Waals surface area contributed by atoms with E-state index in [0.717, 1.165) is 0 Å². The van der Waals surface area contributed by atoms with E-state index >= 15 is 0 Å². The van der Waals surface area contributed by atoms with Gasteiger partial charge in [-0.3, -0.25) is 0 Å². The molecule has 76 valence electrons.